The molecule has 11 aromatic carbocycles. The number of hydrogen-bond acceptors (Lipinski definition) is 2. The van der Waals surface area contributed by atoms with Gasteiger partial charge in [-0.1, -0.05) is 208 Å². The number of hydrogen-bond donors (Lipinski definition) is 0. The van der Waals surface area contributed by atoms with E-state index in [1.807, 2.05) is 18.3 Å². The Bertz CT molecular complexity index is 5150. The molecule has 0 amide bonds. The number of rotatable bonds is 9. The molecule has 0 aliphatic carbocycles. The van der Waals surface area contributed by atoms with Gasteiger partial charge in [-0.05, 0) is 92.8 Å². The van der Waals surface area contributed by atoms with Gasteiger partial charge in [-0.3, -0.25) is 4.57 Å². The fourth-order valence-electron chi connectivity index (χ4n) is 12.7. The first-order valence-electron chi connectivity index (χ1n) is 28.2. The number of fused-ring (bicyclic) bond motifs is 13. The predicted molar refractivity (Wildman–Crippen MR) is 338 cm³/mol. The Morgan fingerprint density at radius 3 is 1.60 bits per heavy atom. The number of nitrogens with zero attached hydrogens (tertiary/aromatic N) is 6. The second-order valence-electron chi connectivity index (χ2n) is 22.3. The van der Waals surface area contributed by atoms with E-state index in [4.69, 9.17) is 9.72 Å². The molecule has 0 saturated heterocycles. The minimum atomic E-state index is -0.159. The van der Waals surface area contributed by atoms with E-state index in [9.17, 15) is 0 Å². The molecular formula is C76H52N6OPt-2. The Morgan fingerprint density at radius 2 is 0.964 bits per heavy atom. The Morgan fingerprint density at radius 1 is 0.440 bits per heavy atom. The van der Waals surface area contributed by atoms with Gasteiger partial charge >= 0.3 is 0 Å². The van der Waals surface area contributed by atoms with Gasteiger partial charge in [-0.25, -0.2) is 4.98 Å². The molecule has 0 aliphatic heterocycles. The fourth-order valence-corrected chi connectivity index (χ4v) is 12.7. The van der Waals surface area contributed by atoms with Crippen LogP contribution in [0.2, 0.25) is 0 Å². The van der Waals surface area contributed by atoms with E-state index in [1.54, 1.807) is 0 Å². The molecule has 5 heterocycles. The normalized spacial score (nSPS) is 11.9. The summed E-state index contributed by atoms with van der Waals surface area (Å²) in [6.07, 6.45) is 5.77. The molecule has 0 N–H and O–H groups in total. The molecule has 0 bridgehead atoms. The van der Waals surface area contributed by atoms with E-state index in [0.717, 1.165) is 106 Å². The quantitative estimate of drug-likeness (QED) is 0.107. The van der Waals surface area contributed by atoms with Gasteiger partial charge in [-0.2, -0.15) is 18.2 Å². The number of benzene rings is 11. The molecule has 84 heavy (non-hydrogen) atoms. The van der Waals surface area contributed by atoms with Crippen LogP contribution in [-0.4, -0.2) is 23.3 Å². The molecule has 7 nitrogen and oxygen atoms in total. The molecule has 404 valence electrons. The average molecular weight is 1260 g/mol. The van der Waals surface area contributed by atoms with Crippen molar-refractivity contribution in [1.29, 1.82) is 0 Å². The number of ether oxygens (including phenoxy) is 1. The van der Waals surface area contributed by atoms with Gasteiger partial charge in [-0.15, -0.1) is 24.3 Å². The standard InChI is InChI=1S/C76H52N6O.Pt/c1-76(2,3)52-44-45-77-68(46-52)82-67-48-57(83-56-33-22-32-55(47-56)78-49-79(66-41-21-20-40-65(66)78)72-58(50-24-8-4-9-25-50)36-23-37-59(72)51-26-10-5-11-27-51)42-43-62(67)71-73-69(60-34-16-18-38-63(60)80(73)53-28-12-6-13-29-53)70-61-35-17-19-39-64(61)81(74(70)75(71)82)54-30-14-7-15-31-54;/h4-46H,1-3H3;/q-2;. The Labute approximate surface area is 500 Å². The fraction of sp³-hybridized carbons (Fsp3) is 0.0526. The van der Waals surface area contributed by atoms with Crippen molar-refractivity contribution in [3.8, 4) is 62.3 Å². The van der Waals surface area contributed by atoms with E-state index < -0.39 is 0 Å². The van der Waals surface area contributed by atoms with E-state index in [2.05, 4.69) is 305 Å². The molecule has 0 fully saturated rings. The third kappa shape index (κ3) is 8.06. The molecule has 0 aliphatic rings. The Kier molecular flexibility index (Phi) is 12.2. The average Bonchev–Trinajstić information content (AvgIpc) is 1.70. The van der Waals surface area contributed by atoms with Crippen LogP contribution in [0.3, 0.4) is 0 Å². The third-order valence-corrected chi connectivity index (χ3v) is 16.4. The van der Waals surface area contributed by atoms with Crippen LogP contribution in [0, 0.1) is 18.5 Å². The molecular weight excluding hydrogens is 1210 g/mol. The van der Waals surface area contributed by atoms with Crippen molar-refractivity contribution in [3.63, 3.8) is 0 Å². The van der Waals surface area contributed by atoms with Crippen LogP contribution in [0.15, 0.2) is 261 Å². The van der Waals surface area contributed by atoms with Crippen molar-refractivity contribution in [1.82, 2.24) is 23.3 Å². The van der Waals surface area contributed by atoms with Crippen molar-refractivity contribution < 1.29 is 30.4 Å². The molecule has 0 radical (unpaired) electrons. The summed E-state index contributed by atoms with van der Waals surface area (Å²) in [6.45, 7) is 6.77. The van der Waals surface area contributed by atoms with Crippen LogP contribution < -0.4 is 9.30 Å². The summed E-state index contributed by atoms with van der Waals surface area (Å²) >= 11 is 0. The molecule has 0 unspecified atom stereocenters. The van der Waals surface area contributed by atoms with E-state index >= 15 is 0 Å². The second kappa shape index (κ2) is 20.1. The van der Waals surface area contributed by atoms with Gasteiger partial charge in [0.25, 0.3) is 6.33 Å². The van der Waals surface area contributed by atoms with Crippen LogP contribution in [0.25, 0.3) is 127 Å². The first-order chi connectivity index (χ1) is 40.9. The minimum absolute atomic E-state index is 0. The SMILES string of the molecule is CC(C)(C)c1ccnc(-n2c3[c-]c(Oc4[c-]c(-[n+]5[c-]n(-c6c(-c7ccccc7)cccc6-c6ccccc6)c6ccccc65)ccc4)ccc3c3c2c2c(c4ccccc4n2-c2ccccc2)c2c4ccccc4n(-c4ccccc4)c23)c1.[Pt]. The first-order valence-corrected chi connectivity index (χ1v) is 28.2. The van der Waals surface area contributed by atoms with E-state index in [1.165, 1.54) is 27.1 Å². The maximum absolute atomic E-state index is 7.04. The van der Waals surface area contributed by atoms with Crippen molar-refractivity contribution in [2.75, 3.05) is 0 Å². The van der Waals surface area contributed by atoms with Crippen molar-refractivity contribution >= 4 is 76.5 Å². The second-order valence-corrected chi connectivity index (χ2v) is 22.3. The number of imidazole rings is 1. The van der Waals surface area contributed by atoms with Gasteiger partial charge in [0.2, 0.25) is 0 Å². The zero-order valence-electron chi connectivity index (χ0n) is 46.2. The van der Waals surface area contributed by atoms with Crippen molar-refractivity contribution in [2.24, 2.45) is 0 Å². The van der Waals surface area contributed by atoms with Crippen molar-refractivity contribution in [2.45, 2.75) is 26.2 Å². The summed E-state index contributed by atoms with van der Waals surface area (Å²) in [6, 6.07) is 97.8. The number of para-hydroxylation sites is 7. The molecule has 0 saturated carbocycles. The van der Waals surface area contributed by atoms with Crippen LogP contribution in [-0.2, 0) is 26.5 Å². The maximum Gasteiger partial charge on any atom is 0.268 e. The van der Waals surface area contributed by atoms with Gasteiger partial charge in [0.15, 0.2) is 0 Å². The molecule has 0 spiro atoms. The van der Waals surface area contributed by atoms with Gasteiger partial charge in [0.1, 0.15) is 5.82 Å². The predicted octanol–water partition coefficient (Wildman–Crippen LogP) is 18.4. The minimum Gasteiger partial charge on any atom is -0.510 e. The topological polar surface area (TPSA) is 45.7 Å². The molecule has 16 rings (SSSR count). The molecule has 0 atom stereocenters. The first kappa shape index (κ1) is 50.9. The summed E-state index contributed by atoms with van der Waals surface area (Å²) < 4.78 is 18.6. The molecule has 5 aromatic heterocycles. The summed E-state index contributed by atoms with van der Waals surface area (Å²) in [5.74, 6) is 1.88. The largest absolute Gasteiger partial charge is 0.510 e. The van der Waals surface area contributed by atoms with Gasteiger partial charge in [0.05, 0.1) is 44.3 Å². The van der Waals surface area contributed by atoms with Crippen LogP contribution in [0.5, 0.6) is 11.5 Å². The van der Waals surface area contributed by atoms with Crippen LogP contribution >= 0.6 is 0 Å². The zero-order valence-corrected chi connectivity index (χ0v) is 48.5. The monoisotopic (exact) mass is 1260 g/mol. The number of aromatic nitrogens is 6. The summed E-state index contributed by atoms with van der Waals surface area (Å²) in [5.41, 5.74) is 17.7. The summed E-state index contributed by atoms with van der Waals surface area (Å²) in [4.78, 5) is 5.29. The maximum atomic E-state index is 7.04. The third-order valence-electron chi connectivity index (χ3n) is 16.4. The zero-order chi connectivity index (χ0) is 55.3. The summed E-state index contributed by atoms with van der Waals surface area (Å²) in [5, 5.41) is 6.82. The Hall–Kier alpha value is -10.1. The van der Waals surface area contributed by atoms with E-state index in [0.29, 0.717) is 11.5 Å². The van der Waals surface area contributed by atoms with Gasteiger partial charge in [0, 0.05) is 71.7 Å². The summed E-state index contributed by atoms with van der Waals surface area (Å²) in [7, 11) is 0. The van der Waals surface area contributed by atoms with Crippen LogP contribution in [0.4, 0.5) is 0 Å². The van der Waals surface area contributed by atoms with Gasteiger partial charge < -0.3 is 23.0 Å². The van der Waals surface area contributed by atoms with E-state index in [-0.39, 0.29) is 26.5 Å². The van der Waals surface area contributed by atoms with Crippen LogP contribution in [0.1, 0.15) is 26.3 Å². The molecule has 16 aromatic rings. The Balaban J connectivity index is 0.00000600. The number of pyridine rings is 1. The smallest absolute Gasteiger partial charge is 0.268 e. The van der Waals surface area contributed by atoms with Crippen molar-refractivity contribution in [3.05, 3.63) is 285 Å². The molecule has 8 heteroatoms.